The van der Waals surface area contributed by atoms with Crippen LogP contribution in [0.1, 0.15) is 23.3 Å². The molecule has 0 radical (unpaired) electrons. The lowest BCUT2D eigenvalue weighted by Crippen LogP contribution is -2.30. The molecule has 1 N–H and O–H groups in total. The Morgan fingerprint density at radius 1 is 1.03 bits per heavy atom. The van der Waals surface area contributed by atoms with Gasteiger partial charge in [-0.25, -0.2) is 4.68 Å². The van der Waals surface area contributed by atoms with Gasteiger partial charge in [-0.15, -0.1) is 16.4 Å². The van der Waals surface area contributed by atoms with E-state index in [1.807, 2.05) is 54.6 Å². The van der Waals surface area contributed by atoms with Crippen molar-refractivity contribution in [3.8, 4) is 11.1 Å². The van der Waals surface area contributed by atoms with Crippen LogP contribution in [0.4, 0.5) is 5.69 Å². The van der Waals surface area contributed by atoms with Crippen LogP contribution < -0.4 is 10.9 Å². The zero-order chi connectivity index (χ0) is 20.5. The van der Waals surface area contributed by atoms with Crippen LogP contribution in [0.2, 0.25) is 0 Å². The standard InChI is InChI=1S/C23H20N4O2S/c28-20(24-18-12-6-4-10-16(18)15-8-2-1-3-9-15)14-27-23(29)21-17-11-5-7-13-19(17)30-22(21)25-26-27/h1-4,6,8-10,12H,5,7,11,13-14H2,(H,24,28). The van der Waals surface area contributed by atoms with Gasteiger partial charge in [0.15, 0.2) is 4.83 Å². The highest BCUT2D eigenvalue weighted by atomic mass is 32.1. The van der Waals surface area contributed by atoms with Crippen LogP contribution in [-0.2, 0) is 24.2 Å². The number of rotatable bonds is 4. The van der Waals surface area contributed by atoms with Crippen LogP contribution in [0.3, 0.4) is 0 Å². The fourth-order valence-corrected chi connectivity index (χ4v) is 5.19. The molecule has 5 rings (SSSR count). The molecular formula is C23H20N4O2S. The average Bonchev–Trinajstić information content (AvgIpc) is 3.16. The second-order valence-electron chi connectivity index (χ2n) is 7.40. The minimum atomic E-state index is -0.307. The number of amides is 1. The Bertz CT molecular complexity index is 1290. The van der Waals surface area contributed by atoms with E-state index in [1.54, 1.807) is 11.3 Å². The molecule has 2 aromatic heterocycles. The fourth-order valence-electron chi connectivity index (χ4n) is 4.00. The Morgan fingerprint density at radius 2 is 1.80 bits per heavy atom. The average molecular weight is 417 g/mol. The number of para-hydroxylation sites is 1. The van der Waals surface area contributed by atoms with Gasteiger partial charge in [-0.1, -0.05) is 53.7 Å². The summed E-state index contributed by atoms with van der Waals surface area (Å²) in [6.07, 6.45) is 4.11. The SMILES string of the molecule is O=C(Cn1nnc2sc3c(c2c1=O)CCCC3)Nc1ccccc1-c1ccccc1. The second-order valence-corrected chi connectivity index (χ2v) is 8.49. The monoisotopic (exact) mass is 416 g/mol. The molecule has 6 nitrogen and oxygen atoms in total. The molecule has 0 bridgehead atoms. The van der Waals surface area contributed by atoms with Crippen LogP contribution >= 0.6 is 11.3 Å². The number of aryl methyl sites for hydroxylation is 2. The molecular weight excluding hydrogens is 396 g/mol. The van der Waals surface area contributed by atoms with Crippen molar-refractivity contribution in [2.75, 3.05) is 5.32 Å². The molecule has 2 aromatic carbocycles. The molecule has 1 aliphatic carbocycles. The zero-order valence-corrected chi connectivity index (χ0v) is 17.1. The highest BCUT2D eigenvalue weighted by Crippen LogP contribution is 2.33. The van der Waals surface area contributed by atoms with Crippen molar-refractivity contribution in [1.82, 2.24) is 15.0 Å². The van der Waals surface area contributed by atoms with E-state index >= 15 is 0 Å². The first-order valence-corrected chi connectivity index (χ1v) is 10.8. The van der Waals surface area contributed by atoms with Gasteiger partial charge in [-0.3, -0.25) is 9.59 Å². The number of fused-ring (bicyclic) bond motifs is 3. The zero-order valence-electron chi connectivity index (χ0n) is 16.3. The maximum absolute atomic E-state index is 13.0. The quantitative estimate of drug-likeness (QED) is 0.545. The number of carbonyl (C=O) groups excluding carboxylic acids is 1. The molecule has 0 unspecified atom stereocenters. The summed E-state index contributed by atoms with van der Waals surface area (Å²) in [5.41, 5.74) is 3.50. The Hall–Kier alpha value is -3.32. The smallest absolute Gasteiger partial charge is 0.279 e. The van der Waals surface area contributed by atoms with Gasteiger partial charge in [0.05, 0.1) is 5.39 Å². The largest absolute Gasteiger partial charge is 0.324 e. The second kappa shape index (κ2) is 7.84. The fraction of sp³-hybridized carbons (Fsp3) is 0.217. The maximum atomic E-state index is 13.0. The van der Waals surface area contributed by atoms with Crippen molar-refractivity contribution in [3.05, 3.63) is 75.4 Å². The van der Waals surface area contributed by atoms with Gasteiger partial charge in [-0.2, -0.15) is 0 Å². The highest BCUT2D eigenvalue weighted by molar-refractivity contribution is 7.18. The highest BCUT2D eigenvalue weighted by Gasteiger charge is 2.21. The Morgan fingerprint density at radius 3 is 2.67 bits per heavy atom. The van der Waals surface area contributed by atoms with Crippen molar-refractivity contribution >= 4 is 33.1 Å². The molecule has 0 atom stereocenters. The summed E-state index contributed by atoms with van der Waals surface area (Å²) in [4.78, 5) is 27.7. The van der Waals surface area contributed by atoms with Crippen molar-refractivity contribution in [1.29, 1.82) is 0 Å². The summed E-state index contributed by atoms with van der Waals surface area (Å²) < 4.78 is 1.17. The van der Waals surface area contributed by atoms with E-state index in [4.69, 9.17) is 0 Å². The normalized spacial score (nSPS) is 13.2. The molecule has 150 valence electrons. The lowest BCUT2D eigenvalue weighted by molar-refractivity contribution is -0.117. The number of aromatic nitrogens is 3. The van der Waals surface area contributed by atoms with E-state index in [1.165, 1.54) is 9.56 Å². The molecule has 0 saturated carbocycles. The molecule has 0 aliphatic heterocycles. The predicted octanol–water partition coefficient (Wildman–Crippen LogP) is 4.04. The van der Waals surface area contributed by atoms with E-state index in [9.17, 15) is 9.59 Å². The molecule has 0 saturated heterocycles. The first kappa shape index (κ1) is 18.7. The van der Waals surface area contributed by atoms with Crippen molar-refractivity contribution < 1.29 is 4.79 Å². The lowest BCUT2D eigenvalue weighted by atomic mass is 9.97. The van der Waals surface area contributed by atoms with Crippen LogP contribution in [0.15, 0.2) is 59.4 Å². The third-order valence-electron chi connectivity index (χ3n) is 5.42. The van der Waals surface area contributed by atoms with Gasteiger partial charge < -0.3 is 5.32 Å². The van der Waals surface area contributed by atoms with Gasteiger partial charge in [0.2, 0.25) is 5.91 Å². The summed E-state index contributed by atoms with van der Waals surface area (Å²) in [5, 5.41) is 11.8. The van der Waals surface area contributed by atoms with Crippen molar-refractivity contribution in [3.63, 3.8) is 0 Å². The van der Waals surface area contributed by atoms with E-state index in [0.29, 0.717) is 15.9 Å². The molecule has 0 fully saturated rings. The lowest BCUT2D eigenvalue weighted by Gasteiger charge is -2.12. The molecule has 4 aromatic rings. The summed E-state index contributed by atoms with van der Waals surface area (Å²) in [5.74, 6) is -0.307. The van der Waals surface area contributed by atoms with Crippen LogP contribution in [-0.4, -0.2) is 20.9 Å². The number of hydrogen-bond acceptors (Lipinski definition) is 5. The summed E-state index contributed by atoms with van der Waals surface area (Å²) in [6, 6.07) is 17.5. The van der Waals surface area contributed by atoms with E-state index in [-0.39, 0.29) is 18.0 Å². The van der Waals surface area contributed by atoms with Gasteiger partial charge in [0.1, 0.15) is 6.54 Å². The first-order valence-electron chi connectivity index (χ1n) is 10.0. The predicted molar refractivity (Wildman–Crippen MR) is 119 cm³/mol. The summed E-state index contributed by atoms with van der Waals surface area (Å²) in [7, 11) is 0. The molecule has 1 amide bonds. The van der Waals surface area contributed by atoms with Crippen molar-refractivity contribution in [2.45, 2.75) is 32.2 Å². The van der Waals surface area contributed by atoms with Gasteiger partial charge >= 0.3 is 0 Å². The topological polar surface area (TPSA) is 76.9 Å². The van der Waals surface area contributed by atoms with Gasteiger partial charge in [-0.05, 0) is 42.9 Å². The number of nitrogens with one attached hydrogen (secondary N) is 1. The van der Waals surface area contributed by atoms with Gasteiger partial charge in [0, 0.05) is 16.1 Å². The Balaban J connectivity index is 1.43. The number of thiophene rings is 1. The minimum Gasteiger partial charge on any atom is -0.324 e. The number of anilines is 1. The molecule has 1 aliphatic rings. The van der Waals surface area contributed by atoms with E-state index in [0.717, 1.165) is 42.4 Å². The first-order chi connectivity index (χ1) is 14.7. The van der Waals surface area contributed by atoms with Gasteiger partial charge in [0.25, 0.3) is 5.56 Å². The molecule has 0 spiro atoms. The van der Waals surface area contributed by atoms with E-state index < -0.39 is 0 Å². The van der Waals surface area contributed by atoms with E-state index in [2.05, 4.69) is 15.6 Å². The number of carbonyl (C=O) groups is 1. The van der Waals surface area contributed by atoms with Crippen LogP contribution in [0.25, 0.3) is 21.3 Å². The Labute approximate surface area is 177 Å². The number of nitrogens with zero attached hydrogens (tertiary/aromatic N) is 3. The third kappa shape index (κ3) is 3.41. The minimum absolute atomic E-state index is 0.171. The summed E-state index contributed by atoms with van der Waals surface area (Å²) >= 11 is 1.56. The Kier molecular flexibility index (Phi) is 4.88. The number of benzene rings is 2. The summed E-state index contributed by atoms with van der Waals surface area (Å²) in [6.45, 7) is -0.171. The van der Waals surface area contributed by atoms with Crippen LogP contribution in [0.5, 0.6) is 0 Å². The maximum Gasteiger partial charge on any atom is 0.279 e. The molecule has 2 heterocycles. The van der Waals surface area contributed by atoms with Crippen LogP contribution in [0, 0.1) is 0 Å². The van der Waals surface area contributed by atoms with Crippen molar-refractivity contribution in [2.24, 2.45) is 0 Å². The molecule has 7 heteroatoms. The number of hydrogen-bond donors (Lipinski definition) is 1. The third-order valence-corrected chi connectivity index (χ3v) is 6.60. The molecule has 30 heavy (non-hydrogen) atoms.